The van der Waals surface area contributed by atoms with Crippen molar-refractivity contribution in [2.45, 2.75) is 18.9 Å². The first kappa shape index (κ1) is 14.1. The average molecular weight is 258 g/mol. The quantitative estimate of drug-likeness (QED) is 0.867. The van der Waals surface area contributed by atoms with Crippen LogP contribution >= 0.6 is 12.4 Å². The fraction of sp³-hybridized carbons (Fsp3) is 0.583. The van der Waals surface area contributed by atoms with E-state index in [2.05, 4.69) is 5.32 Å². The molecule has 1 N–H and O–H groups in total. The maximum Gasteiger partial charge on any atom is 0.270 e. The molecule has 4 nitrogen and oxygen atoms in total. The third-order valence-corrected chi connectivity index (χ3v) is 3.35. The van der Waals surface area contributed by atoms with Crippen LogP contribution in [0.4, 0.5) is 0 Å². The van der Waals surface area contributed by atoms with E-state index in [0.29, 0.717) is 6.04 Å². The molecule has 0 saturated carbocycles. The maximum atomic E-state index is 12.2. The fourth-order valence-electron chi connectivity index (χ4n) is 2.22. The number of nitrogens with zero attached hydrogens (tertiary/aromatic N) is 2. The number of likely N-dealkylation sites (tertiary alicyclic amines) is 1. The Morgan fingerprint density at radius 2 is 2.06 bits per heavy atom. The van der Waals surface area contributed by atoms with Crippen molar-refractivity contribution in [2.75, 3.05) is 20.1 Å². The number of hydrogen-bond acceptors (Lipinski definition) is 2. The van der Waals surface area contributed by atoms with Crippen molar-refractivity contribution < 1.29 is 4.79 Å². The molecule has 0 spiro atoms. The topological polar surface area (TPSA) is 37.3 Å². The molecule has 1 aromatic rings. The minimum atomic E-state index is 0. The molecule has 0 aromatic carbocycles. The van der Waals surface area contributed by atoms with Crippen LogP contribution in [-0.4, -0.2) is 41.6 Å². The molecule has 1 aliphatic rings. The van der Waals surface area contributed by atoms with Crippen molar-refractivity contribution >= 4 is 18.3 Å². The number of carbonyl (C=O) groups is 1. The molecule has 0 aliphatic carbocycles. The monoisotopic (exact) mass is 257 g/mol. The minimum Gasteiger partial charge on any atom is -0.347 e. The predicted octanol–water partition coefficient (Wildman–Crippen LogP) is 1.27. The Morgan fingerprint density at radius 1 is 1.41 bits per heavy atom. The van der Waals surface area contributed by atoms with Crippen LogP contribution in [0.15, 0.2) is 18.3 Å². The summed E-state index contributed by atoms with van der Waals surface area (Å²) in [5.74, 6) is 0.155. The number of nitrogens with one attached hydrogen (secondary N) is 1. The first-order chi connectivity index (χ1) is 7.72. The molecule has 1 aliphatic heterocycles. The van der Waals surface area contributed by atoms with Gasteiger partial charge in [0.05, 0.1) is 0 Å². The highest BCUT2D eigenvalue weighted by Crippen LogP contribution is 2.13. The summed E-state index contributed by atoms with van der Waals surface area (Å²) in [6.45, 7) is 1.71. The number of aromatic nitrogens is 1. The zero-order valence-corrected chi connectivity index (χ0v) is 11.2. The van der Waals surface area contributed by atoms with E-state index in [1.165, 1.54) is 0 Å². The lowest BCUT2D eigenvalue weighted by Gasteiger charge is -2.31. The normalized spacial score (nSPS) is 16.7. The first-order valence-corrected chi connectivity index (χ1v) is 5.80. The maximum absolute atomic E-state index is 12.2. The molecule has 1 amide bonds. The highest BCUT2D eigenvalue weighted by molar-refractivity contribution is 5.92. The molecule has 96 valence electrons. The Morgan fingerprint density at radius 3 is 2.53 bits per heavy atom. The van der Waals surface area contributed by atoms with Gasteiger partial charge in [-0.3, -0.25) is 4.79 Å². The Labute approximate surface area is 108 Å². The van der Waals surface area contributed by atoms with Crippen LogP contribution in [0, 0.1) is 0 Å². The van der Waals surface area contributed by atoms with Gasteiger partial charge in [-0.2, -0.15) is 0 Å². The second-order valence-electron chi connectivity index (χ2n) is 4.36. The molecule has 0 atom stereocenters. The summed E-state index contributed by atoms with van der Waals surface area (Å²) >= 11 is 0. The zero-order chi connectivity index (χ0) is 11.5. The van der Waals surface area contributed by atoms with Crippen molar-refractivity contribution in [3.8, 4) is 0 Å². The SMILES string of the molecule is CNC1CCN(C(=O)c2cccn2C)CC1.Cl. The van der Waals surface area contributed by atoms with Gasteiger partial charge < -0.3 is 14.8 Å². The summed E-state index contributed by atoms with van der Waals surface area (Å²) in [4.78, 5) is 14.1. The van der Waals surface area contributed by atoms with Crippen LogP contribution in [0.5, 0.6) is 0 Å². The Hall–Kier alpha value is -1.00. The summed E-state index contributed by atoms with van der Waals surface area (Å²) in [5, 5.41) is 3.27. The van der Waals surface area contributed by atoms with Gasteiger partial charge in [-0.25, -0.2) is 0 Å². The molecule has 2 rings (SSSR count). The van der Waals surface area contributed by atoms with E-state index in [-0.39, 0.29) is 18.3 Å². The van der Waals surface area contributed by atoms with Gasteiger partial charge in [0.1, 0.15) is 5.69 Å². The van der Waals surface area contributed by atoms with Crippen molar-refractivity contribution in [1.82, 2.24) is 14.8 Å². The minimum absolute atomic E-state index is 0. The lowest BCUT2D eigenvalue weighted by Crippen LogP contribution is -2.44. The van der Waals surface area contributed by atoms with E-state index in [1.807, 2.05) is 41.9 Å². The van der Waals surface area contributed by atoms with Gasteiger partial charge in [0, 0.05) is 32.4 Å². The Kier molecular flexibility index (Phi) is 5.02. The molecule has 2 heterocycles. The van der Waals surface area contributed by atoms with Crippen molar-refractivity contribution in [3.05, 3.63) is 24.0 Å². The number of aryl methyl sites for hydroxylation is 1. The molecular weight excluding hydrogens is 238 g/mol. The Bertz CT molecular complexity index is 370. The van der Waals surface area contributed by atoms with Gasteiger partial charge >= 0.3 is 0 Å². The molecule has 0 bridgehead atoms. The van der Waals surface area contributed by atoms with Gasteiger partial charge in [0.2, 0.25) is 0 Å². The fourth-order valence-corrected chi connectivity index (χ4v) is 2.22. The summed E-state index contributed by atoms with van der Waals surface area (Å²) in [6, 6.07) is 4.36. The summed E-state index contributed by atoms with van der Waals surface area (Å²) in [5.41, 5.74) is 0.780. The van der Waals surface area contributed by atoms with E-state index < -0.39 is 0 Å². The highest BCUT2D eigenvalue weighted by Gasteiger charge is 2.23. The molecule has 1 saturated heterocycles. The van der Waals surface area contributed by atoms with E-state index in [1.54, 1.807) is 0 Å². The molecule has 0 unspecified atom stereocenters. The van der Waals surface area contributed by atoms with E-state index >= 15 is 0 Å². The molecule has 5 heteroatoms. The van der Waals surface area contributed by atoms with Crippen molar-refractivity contribution in [2.24, 2.45) is 7.05 Å². The lowest BCUT2D eigenvalue weighted by atomic mass is 10.1. The van der Waals surface area contributed by atoms with Gasteiger partial charge in [0.25, 0.3) is 5.91 Å². The number of carbonyl (C=O) groups excluding carboxylic acids is 1. The third kappa shape index (κ3) is 3.01. The number of halogens is 1. The van der Waals surface area contributed by atoms with Gasteiger partial charge in [-0.15, -0.1) is 12.4 Å². The van der Waals surface area contributed by atoms with Gasteiger partial charge in [-0.1, -0.05) is 0 Å². The van der Waals surface area contributed by atoms with Crippen LogP contribution in [0.25, 0.3) is 0 Å². The van der Waals surface area contributed by atoms with Crippen molar-refractivity contribution in [1.29, 1.82) is 0 Å². The number of amides is 1. The van der Waals surface area contributed by atoms with Gasteiger partial charge in [0.15, 0.2) is 0 Å². The van der Waals surface area contributed by atoms with Crippen LogP contribution in [0.1, 0.15) is 23.3 Å². The summed E-state index contributed by atoms with van der Waals surface area (Å²) in [7, 11) is 3.90. The largest absolute Gasteiger partial charge is 0.347 e. The smallest absolute Gasteiger partial charge is 0.270 e. The third-order valence-electron chi connectivity index (χ3n) is 3.35. The van der Waals surface area contributed by atoms with E-state index in [9.17, 15) is 4.79 Å². The average Bonchev–Trinajstić information content (AvgIpc) is 2.75. The predicted molar refractivity (Wildman–Crippen MR) is 70.6 cm³/mol. The van der Waals surface area contributed by atoms with Crippen LogP contribution in [0.3, 0.4) is 0 Å². The molecular formula is C12H20ClN3O. The van der Waals surface area contributed by atoms with Crippen LogP contribution in [-0.2, 0) is 7.05 Å². The number of hydrogen-bond donors (Lipinski definition) is 1. The summed E-state index contributed by atoms with van der Waals surface area (Å²) in [6.07, 6.45) is 4.01. The molecule has 1 aromatic heterocycles. The number of piperidine rings is 1. The highest BCUT2D eigenvalue weighted by atomic mass is 35.5. The standard InChI is InChI=1S/C12H19N3O.ClH/c1-13-10-5-8-15(9-6-10)12(16)11-4-3-7-14(11)2;/h3-4,7,10,13H,5-6,8-9H2,1-2H3;1H. The molecule has 0 radical (unpaired) electrons. The van der Waals surface area contributed by atoms with Gasteiger partial charge in [-0.05, 0) is 32.0 Å². The second-order valence-corrected chi connectivity index (χ2v) is 4.36. The summed E-state index contributed by atoms with van der Waals surface area (Å²) < 4.78 is 1.88. The Balaban J connectivity index is 0.00000144. The van der Waals surface area contributed by atoms with Crippen molar-refractivity contribution in [3.63, 3.8) is 0 Å². The van der Waals surface area contributed by atoms with Crippen LogP contribution < -0.4 is 5.32 Å². The molecule has 1 fully saturated rings. The number of rotatable bonds is 2. The van der Waals surface area contributed by atoms with Crippen LogP contribution in [0.2, 0.25) is 0 Å². The second kappa shape index (κ2) is 6.07. The van der Waals surface area contributed by atoms with E-state index in [0.717, 1.165) is 31.6 Å². The first-order valence-electron chi connectivity index (χ1n) is 5.80. The molecule has 17 heavy (non-hydrogen) atoms. The lowest BCUT2D eigenvalue weighted by molar-refractivity contribution is 0.0697. The van der Waals surface area contributed by atoms with E-state index in [4.69, 9.17) is 0 Å². The zero-order valence-electron chi connectivity index (χ0n) is 10.3.